The van der Waals surface area contributed by atoms with Crippen molar-refractivity contribution in [2.45, 2.75) is 46.1 Å². The van der Waals surface area contributed by atoms with Gasteiger partial charge in [-0.2, -0.15) is 0 Å². The molecule has 1 N–H and O–H groups in total. The minimum absolute atomic E-state index is 0.0216. The minimum atomic E-state index is 0.0216. The molecule has 0 aliphatic heterocycles. The van der Waals surface area contributed by atoms with Crippen LogP contribution in [0.5, 0.6) is 0 Å². The van der Waals surface area contributed by atoms with E-state index >= 15 is 0 Å². The van der Waals surface area contributed by atoms with Gasteiger partial charge in [0, 0.05) is 25.3 Å². The summed E-state index contributed by atoms with van der Waals surface area (Å²) in [5.41, 5.74) is 0.566. The average molecular weight is 310 g/mol. The van der Waals surface area contributed by atoms with E-state index in [-0.39, 0.29) is 11.9 Å². The van der Waals surface area contributed by atoms with Crippen LogP contribution in [0.3, 0.4) is 0 Å². The second-order valence-electron chi connectivity index (χ2n) is 5.98. The van der Waals surface area contributed by atoms with Crippen LogP contribution in [0.15, 0.2) is 12.3 Å². The summed E-state index contributed by atoms with van der Waals surface area (Å²) in [6, 6.07) is 1.91. The molecule has 5 heteroatoms. The van der Waals surface area contributed by atoms with Crippen LogP contribution in [0.2, 0.25) is 5.02 Å². The molecule has 2 rings (SSSR count). The predicted octanol–water partition coefficient (Wildman–Crippen LogP) is 3.82. The lowest BCUT2D eigenvalue weighted by Gasteiger charge is -2.27. The normalized spacial score (nSPS) is 14.3. The number of rotatable bonds is 7. The summed E-state index contributed by atoms with van der Waals surface area (Å²) in [5.74, 6) is 1.34. The molecule has 1 saturated carbocycles. The van der Waals surface area contributed by atoms with Crippen molar-refractivity contribution in [1.82, 2.24) is 9.88 Å². The zero-order valence-corrected chi connectivity index (χ0v) is 13.8. The van der Waals surface area contributed by atoms with E-state index in [9.17, 15) is 4.79 Å². The lowest BCUT2D eigenvalue weighted by molar-refractivity contribution is 0.0696. The van der Waals surface area contributed by atoms with Crippen molar-refractivity contribution in [2.24, 2.45) is 5.92 Å². The quantitative estimate of drug-likeness (QED) is 0.833. The summed E-state index contributed by atoms with van der Waals surface area (Å²) >= 11 is 6.22. The topological polar surface area (TPSA) is 45.2 Å². The molecule has 0 atom stereocenters. The fourth-order valence-electron chi connectivity index (χ4n) is 2.20. The Morgan fingerprint density at radius 2 is 2.24 bits per heavy atom. The van der Waals surface area contributed by atoms with Crippen LogP contribution in [-0.2, 0) is 0 Å². The van der Waals surface area contributed by atoms with Gasteiger partial charge in [-0.1, -0.05) is 18.5 Å². The fourth-order valence-corrected chi connectivity index (χ4v) is 2.43. The molecule has 1 aromatic rings. The summed E-state index contributed by atoms with van der Waals surface area (Å²) in [4.78, 5) is 18.8. The zero-order valence-electron chi connectivity index (χ0n) is 13.0. The second-order valence-corrected chi connectivity index (χ2v) is 6.38. The number of anilines is 1. The van der Waals surface area contributed by atoms with Crippen LogP contribution in [0, 0.1) is 5.92 Å². The molecule has 1 heterocycles. The number of nitrogens with zero attached hydrogens (tertiary/aromatic N) is 2. The van der Waals surface area contributed by atoms with Crippen LogP contribution in [0.25, 0.3) is 0 Å². The third-order valence-corrected chi connectivity index (χ3v) is 3.95. The summed E-state index contributed by atoms with van der Waals surface area (Å²) in [5, 5.41) is 3.66. The largest absolute Gasteiger partial charge is 0.369 e. The lowest BCUT2D eigenvalue weighted by Crippen LogP contribution is -2.38. The Balaban J connectivity index is 2.11. The van der Waals surface area contributed by atoms with Crippen LogP contribution in [-0.4, -0.2) is 34.9 Å². The second kappa shape index (κ2) is 7.12. The Hall–Kier alpha value is -1.29. The van der Waals surface area contributed by atoms with Crippen molar-refractivity contribution < 1.29 is 4.79 Å². The third-order valence-electron chi connectivity index (χ3n) is 3.67. The Bertz CT molecular complexity index is 500. The van der Waals surface area contributed by atoms with Gasteiger partial charge in [-0.05, 0) is 45.1 Å². The van der Waals surface area contributed by atoms with Crippen molar-refractivity contribution in [2.75, 3.05) is 18.4 Å². The standard InChI is InChI=1S/C16H24ClN3O/c1-4-7-18-15-14(17)8-13(9-19-15)16(21)20(11(2)3)10-12-5-6-12/h8-9,11-12H,4-7,10H2,1-3H3,(H,18,19). The van der Waals surface area contributed by atoms with Gasteiger partial charge in [-0.3, -0.25) is 4.79 Å². The molecule has 0 radical (unpaired) electrons. The summed E-state index contributed by atoms with van der Waals surface area (Å²) in [6.45, 7) is 7.83. The maximum Gasteiger partial charge on any atom is 0.255 e. The summed E-state index contributed by atoms with van der Waals surface area (Å²) in [7, 11) is 0. The first-order valence-electron chi connectivity index (χ1n) is 7.73. The van der Waals surface area contributed by atoms with E-state index in [4.69, 9.17) is 11.6 Å². The predicted molar refractivity (Wildman–Crippen MR) is 86.9 cm³/mol. The summed E-state index contributed by atoms with van der Waals surface area (Å²) in [6.07, 6.45) is 5.08. The highest BCUT2D eigenvalue weighted by Gasteiger charge is 2.29. The van der Waals surface area contributed by atoms with Crippen LogP contribution >= 0.6 is 11.6 Å². The maximum absolute atomic E-state index is 12.6. The molecule has 0 saturated heterocycles. The van der Waals surface area contributed by atoms with Crippen LogP contribution in [0.1, 0.15) is 50.4 Å². The van der Waals surface area contributed by atoms with Crippen molar-refractivity contribution in [3.63, 3.8) is 0 Å². The third kappa shape index (κ3) is 4.34. The molecule has 0 spiro atoms. The number of hydrogen-bond donors (Lipinski definition) is 1. The molecule has 0 unspecified atom stereocenters. The van der Waals surface area contributed by atoms with Gasteiger partial charge in [0.1, 0.15) is 5.82 Å². The number of halogens is 1. The number of carbonyl (C=O) groups excluding carboxylic acids is 1. The highest BCUT2D eigenvalue weighted by molar-refractivity contribution is 6.33. The number of pyridine rings is 1. The van der Waals surface area contributed by atoms with Gasteiger partial charge < -0.3 is 10.2 Å². The Morgan fingerprint density at radius 1 is 1.52 bits per heavy atom. The van der Waals surface area contributed by atoms with E-state index in [2.05, 4.69) is 17.2 Å². The molecule has 1 fully saturated rings. The zero-order chi connectivity index (χ0) is 15.4. The van der Waals surface area contributed by atoms with Gasteiger partial charge in [0.2, 0.25) is 0 Å². The number of nitrogens with one attached hydrogen (secondary N) is 1. The van der Waals surface area contributed by atoms with E-state index in [1.54, 1.807) is 12.3 Å². The van der Waals surface area contributed by atoms with Gasteiger partial charge in [-0.25, -0.2) is 4.98 Å². The van der Waals surface area contributed by atoms with Gasteiger partial charge in [0.05, 0.1) is 10.6 Å². The van der Waals surface area contributed by atoms with E-state index < -0.39 is 0 Å². The summed E-state index contributed by atoms with van der Waals surface area (Å²) < 4.78 is 0. The molecule has 0 bridgehead atoms. The Labute approximate surface area is 131 Å². The van der Waals surface area contributed by atoms with E-state index in [1.165, 1.54) is 12.8 Å². The molecule has 1 aliphatic rings. The van der Waals surface area contributed by atoms with E-state index in [1.807, 2.05) is 18.7 Å². The highest BCUT2D eigenvalue weighted by Crippen LogP contribution is 2.31. The molecule has 4 nitrogen and oxygen atoms in total. The van der Waals surface area contributed by atoms with Crippen LogP contribution < -0.4 is 5.32 Å². The van der Waals surface area contributed by atoms with Crippen molar-refractivity contribution >= 4 is 23.3 Å². The molecule has 21 heavy (non-hydrogen) atoms. The molecule has 116 valence electrons. The van der Waals surface area contributed by atoms with Gasteiger partial charge in [-0.15, -0.1) is 0 Å². The van der Waals surface area contributed by atoms with Crippen molar-refractivity contribution in [3.8, 4) is 0 Å². The van der Waals surface area contributed by atoms with Gasteiger partial charge in [0.25, 0.3) is 5.91 Å². The lowest BCUT2D eigenvalue weighted by atomic mass is 10.2. The monoisotopic (exact) mass is 309 g/mol. The molecule has 0 aromatic carbocycles. The fraction of sp³-hybridized carbons (Fsp3) is 0.625. The first-order valence-corrected chi connectivity index (χ1v) is 8.11. The molecule has 1 aliphatic carbocycles. The first kappa shape index (κ1) is 16.1. The SMILES string of the molecule is CCCNc1ncc(C(=O)N(CC2CC2)C(C)C)cc1Cl. The minimum Gasteiger partial charge on any atom is -0.369 e. The van der Waals surface area contributed by atoms with Gasteiger partial charge >= 0.3 is 0 Å². The van der Waals surface area contributed by atoms with Crippen molar-refractivity contribution in [3.05, 3.63) is 22.8 Å². The molecular formula is C16H24ClN3O. The number of carbonyl (C=O) groups is 1. The Morgan fingerprint density at radius 3 is 2.76 bits per heavy atom. The van der Waals surface area contributed by atoms with E-state index in [0.717, 1.165) is 19.5 Å². The number of amides is 1. The smallest absolute Gasteiger partial charge is 0.255 e. The number of hydrogen-bond acceptors (Lipinski definition) is 3. The molecular weight excluding hydrogens is 286 g/mol. The Kier molecular flexibility index (Phi) is 5.45. The van der Waals surface area contributed by atoms with E-state index in [0.29, 0.717) is 22.3 Å². The molecule has 1 aromatic heterocycles. The first-order chi connectivity index (χ1) is 10.0. The highest BCUT2D eigenvalue weighted by atomic mass is 35.5. The maximum atomic E-state index is 12.6. The average Bonchev–Trinajstić information content (AvgIpc) is 3.26. The van der Waals surface area contributed by atoms with Crippen molar-refractivity contribution in [1.29, 1.82) is 0 Å². The van der Waals surface area contributed by atoms with Gasteiger partial charge in [0.15, 0.2) is 0 Å². The molecule has 1 amide bonds. The van der Waals surface area contributed by atoms with Crippen LogP contribution in [0.4, 0.5) is 5.82 Å². The number of aromatic nitrogens is 1.